The van der Waals surface area contributed by atoms with Crippen molar-refractivity contribution in [1.29, 1.82) is 0 Å². The van der Waals surface area contributed by atoms with Crippen LogP contribution in [0.1, 0.15) is 36.7 Å². The Bertz CT molecular complexity index is 496. The van der Waals surface area contributed by atoms with Crippen LogP contribution >= 0.6 is 0 Å². The van der Waals surface area contributed by atoms with E-state index in [1.54, 1.807) is 0 Å². The van der Waals surface area contributed by atoms with E-state index in [1.165, 1.54) is 5.56 Å². The first-order valence-corrected chi connectivity index (χ1v) is 8.38. The van der Waals surface area contributed by atoms with Crippen LogP contribution in [0.2, 0.25) is 0 Å². The van der Waals surface area contributed by atoms with Crippen molar-refractivity contribution >= 4 is 5.78 Å². The number of carbonyl (C=O) groups is 1. The van der Waals surface area contributed by atoms with E-state index >= 15 is 0 Å². The molecule has 1 saturated heterocycles. The third kappa shape index (κ3) is 4.31. The second-order valence-corrected chi connectivity index (χ2v) is 5.93. The van der Waals surface area contributed by atoms with Gasteiger partial charge >= 0.3 is 0 Å². The normalized spacial score (nSPS) is 17.2. The minimum Gasteiger partial charge on any atom is -0.493 e. The highest BCUT2D eigenvalue weighted by Crippen LogP contribution is 2.24. The summed E-state index contributed by atoms with van der Waals surface area (Å²) in [6, 6.07) is 5.98. The largest absolute Gasteiger partial charge is 0.493 e. The summed E-state index contributed by atoms with van der Waals surface area (Å²) in [7, 11) is 0. The van der Waals surface area contributed by atoms with Crippen molar-refractivity contribution < 1.29 is 9.53 Å². The average molecular weight is 304 g/mol. The summed E-state index contributed by atoms with van der Waals surface area (Å²) in [6.45, 7) is 11.5. The lowest BCUT2D eigenvalue weighted by molar-refractivity contribution is 0.0883. The fraction of sp³-hybridized carbons (Fsp3) is 0.611. The van der Waals surface area contributed by atoms with Gasteiger partial charge in [-0.15, -0.1) is 0 Å². The Labute approximate surface area is 133 Å². The molecule has 0 bridgehead atoms. The molecule has 1 aromatic carbocycles. The first-order valence-electron chi connectivity index (χ1n) is 8.38. The van der Waals surface area contributed by atoms with Gasteiger partial charge in [-0.05, 0) is 31.0 Å². The number of hydrogen-bond donors (Lipinski definition) is 1. The van der Waals surface area contributed by atoms with Crippen LogP contribution in [0.25, 0.3) is 0 Å². The first kappa shape index (κ1) is 17.0. The molecule has 1 aliphatic rings. The van der Waals surface area contributed by atoms with Gasteiger partial charge in [0.2, 0.25) is 0 Å². The van der Waals surface area contributed by atoms with Gasteiger partial charge in [-0.1, -0.05) is 19.9 Å². The standard InChI is InChI=1S/C18H28N2O2/c1-4-15-6-7-17(22-5-2)16(12-15)18(21)14(3)13-20-10-8-19-9-11-20/h6-7,12,14,19H,4-5,8-11,13H2,1-3H3. The minimum absolute atomic E-state index is 0.00980. The fourth-order valence-electron chi connectivity index (χ4n) is 2.90. The third-order valence-electron chi connectivity index (χ3n) is 4.21. The maximum atomic E-state index is 12.9. The molecule has 0 amide bonds. The number of Topliss-reactive ketones (excluding diaryl/α,β-unsaturated/α-hetero) is 1. The highest BCUT2D eigenvalue weighted by molar-refractivity contribution is 6.00. The summed E-state index contributed by atoms with van der Waals surface area (Å²) in [6.07, 6.45) is 0.929. The topological polar surface area (TPSA) is 41.6 Å². The van der Waals surface area contributed by atoms with E-state index in [9.17, 15) is 4.79 Å². The molecular formula is C18H28N2O2. The Balaban J connectivity index is 2.11. The number of hydrogen-bond acceptors (Lipinski definition) is 4. The van der Waals surface area contributed by atoms with E-state index in [-0.39, 0.29) is 11.7 Å². The molecule has 4 nitrogen and oxygen atoms in total. The van der Waals surface area contributed by atoms with Gasteiger partial charge in [0.15, 0.2) is 5.78 Å². The fourth-order valence-corrected chi connectivity index (χ4v) is 2.90. The van der Waals surface area contributed by atoms with Gasteiger partial charge < -0.3 is 15.0 Å². The molecule has 1 fully saturated rings. The van der Waals surface area contributed by atoms with Gasteiger partial charge in [0, 0.05) is 38.6 Å². The Hall–Kier alpha value is -1.39. The monoisotopic (exact) mass is 304 g/mol. The molecule has 1 atom stereocenters. The van der Waals surface area contributed by atoms with E-state index < -0.39 is 0 Å². The Morgan fingerprint density at radius 1 is 1.32 bits per heavy atom. The van der Waals surface area contributed by atoms with Crippen LogP contribution < -0.4 is 10.1 Å². The first-order chi connectivity index (χ1) is 10.7. The number of piperazine rings is 1. The lowest BCUT2D eigenvalue weighted by Gasteiger charge is -2.29. The van der Waals surface area contributed by atoms with E-state index in [0.29, 0.717) is 6.61 Å². The van der Waals surface area contributed by atoms with Gasteiger partial charge in [-0.25, -0.2) is 0 Å². The van der Waals surface area contributed by atoms with Crippen molar-refractivity contribution in [3.8, 4) is 5.75 Å². The lowest BCUT2D eigenvalue weighted by atomic mass is 9.95. The smallest absolute Gasteiger partial charge is 0.170 e. The van der Waals surface area contributed by atoms with Gasteiger partial charge in [0.25, 0.3) is 0 Å². The number of benzene rings is 1. The summed E-state index contributed by atoms with van der Waals surface area (Å²) in [5.74, 6) is 0.901. The quantitative estimate of drug-likeness (QED) is 0.785. The zero-order chi connectivity index (χ0) is 15.9. The van der Waals surface area contributed by atoms with Crippen LogP contribution in [0.3, 0.4) is 0 Å². The summed E-state index contributed by atoms with van der Waals surface area (Å²) in [5.41, 5.74) is 1.92. The van der Waals surface area contributed by atoms with Gasteiger partial charge in [-0.2, -0.15) is 0 Å². The molecule has 1 unspecified atom stereocenters. The van der Waals surface area contributed by atoms with Crippen LogP contribution in [0.15, 0.2) is 18.2 Å². The molecule has 4 heteroatoms. The zero-order valence-corrected chi connectivity index (χ0v) is 14.0. The molecule has 0 aliphatic carbocycles. The van der Waals surface area contributed by atoms with Crippen molar-refractivity contribution in [3.05, 3.63) is 29.3 Å². The lowest BCUT2D eigenvalue weighted by Crippen LogP contribution is -2.45. The molecule has 0 spiro atoms. The van der Waals surface area contributed by atoms with Gasteiger partial charge in [-0.3, -0.25) is 4.79 Å². The molecule has 1 heterocycles. The molecule has 0 aromatic heterocycles. The van der Waals surface area contributed by atoms with Crippen molar-refractivity contribution in [2.24, 2.45) is 5.92 Å². The Kier molecular flexibility index (Phi) is 6.40. The highest BCUT2D eigenvalue weighted by atomic mass is 16.5. The maximum Gasteiger partial charge on any atom is 0.170 e. The summed E-state index contributed by atoms with van der Waals surface area (Å²) in [4.78, 5) is 15.2. The number of nitrogens with zero attached hydrogens (tertiary/aromatic N) is 1. The molecule has 2 rings (SSSR count). The van der Waals surface area contributed by atoms with E-state index in [0.717, 1.165) is 50.5 Å². The molecule has 0 saturated carbocycles. The van der Waals surface area contributed by atoms with Crippen LogP contribution in [0, 0.1) is 5.92 Å². The predicted molar refractivity (Wildman–Crippen MR) is 89.8 cm³/mol. The van der Waals surface area contributed by atoms with E-state index in [2.05, 4.69) is 17.1 Å². The number of ether oxygens (including phenoxy) is 1. The SMILES string of the molecule is CCOc1ccc(CC)cc1C(=O)C(C)CN1CCNCC1. The van der Waals surface area contributed by atoms with E-state index in [1.807, 2.05) is 32.0 Å². The second-order valence-electron chi connectivity index (χ2n) is 5.93. The van der Waals surface area contributed by atoms with Crippen LogP contribution in [0.4, 0.5) is 0 Å². The number of carbonyl (C=O) groups excluding carboxylic acids is 1. The number of ketones is 1. The molecular weight excluding hydrogens is 276 g/mol. The third-order valence-corrected chi connectivity index (χ3v) is 4.21. The molecule has 1 aromatic rings. The van der Waals surface area contributed by atoms with Gasteiger partial charge in [0.05, 0.1) is 12.2 Å². The maximum absolute atomic E-state index is 12.9. The number of aryl methyl sites for hydroxylation is 1. The van der Waals surface area contributed by atoms with Crippen molar-refractivity contribution in [1.82, 2.24) is 10.2 Å². The molecule has 122 valence electrons. The summed E-state index contributed by atoms with van der Waals surface area (Å²) >= 11 is 0. The van der Waals surface area contributed by atoms with Crippen LogP contribution in [0.5, 0.6) is 5.75 Å². The zero-order valence-electron chi connectivity index (χ0n) is 14.0. The molecule has 22 heavy (non-hydrogen) atoms. The van der Waals surface area contributed by atoms with Crippen molar-refractivity contribution in [2.75, 3.05) is 39.3 Å². The second kappa shape index (κ2) is 8.30. The minimum atomic E-state index is -0.00980. The highest BCUT2D eigenvalue weighted by Gasteiger charge is 2.22. The summed E-state index contributed by atoms with van der Waals surface area (Å²) < 4.78 is 5.65. The molecule has 1 aliphatic heterocycles. The molecule has 0 radical (unpaired) electrons. The summed E-state index contributed by atoms with van der Waals surface area (Å²) in [5, 5.41) is 3.34. The van der Waals surface area contributed by atoms with Gasteiger partial charge in [0.1, 0.15) is 5.75 Å². The Morgan fingerprint density at radius 2 is 2.05 bits per heavy atom. The van der Waals surface area contributed by atoms with Crippen molar-refractivity contribution in [2.45, 2.75) is 27.2 Å². The van der Waals surface area contributed by atoms with E-state index in [4.69, 9.17) is 4.74 Å². The average Bonchev–Trinajstić information content (AvgIpc) is 2.55. The number of rotatable bonds is 7. The predicted octanol–water partition coefficient (Wildman–Crippen LogP) is 2.37. The molecule has 1 N–H and O–H groups in total. The van der Waals surface area contributed by atoms with Crippen molar-refractivity contribution in [3.63, 3.8) is 0 Å². The van der Waals surface area contributed by atoms with Crippen LogP contribution in [-0.2, 0) is 6.42 Å². The number of nitrogens with one attached hydrogen (secondary N) is 1. The van der Waals surface area contributed by atoms with Crippen LogP contribution in [-0.4, -0.2) is 50.0 Å². The Morgan fingerprint density at radius 3 is 2.68 bits per heavy atom.